The number of hydrogen-bond donors (Lipinski definition) is 1. The number of oxime groups is 1. The van der Waals surface area contributed by atoms with Crippen LogP contribution < -0.4 is 10.1 Å². The molecule has 0 saturated heterocycles. The predicted octanol–water partition coefficient (Wildman–Crippen LogP) is 3.32. The molecule has 0 saturated carbocycles. The number of carbonyl (C=O) groups excluding carboxylic acids is 1. The second kappa shape index (κ2) is 7.56. The molecule has 0 spiro atoms. The van der Waals surface area contributed by atoms with Crippen LogP contribution in [0.1, 0.15) is 17.7 Å². The summed E-state index contributed by atoms with van der Waals surface area (Å²) in [6.07, 6.45) is -0.284. The van der Waals surface area contributed by atoms with Crippen molar-refractivity contribution in [1.82, 2.24) is 9.78 Å². The van der Waals surface area contributed by atoms with Crippen molar-refractivity contribution in [2.24, 2.45) is 5.16 Å². The van der Waals surface area contributed by atoms with Gasteiger partial charge in [-0.1, -0.05) is 23.4 Å². The van der Waals surface area contributed by atoms with E-state index in [-0.39, 0.29) is 5.91 Å². The number of rotatable bonds is 5. The molecule has 1 amide bonds. The Hall–Kier alpha value is -3.61. The lowest BCUT2D eigenvalue weighted by Gasteiger charge is -2.11. The molecule has 3 aromatic rings. The first kappa shape index (κ1) is 17.8. The second-order valence-corrected chi connectivity index (χ2v) is 6.47. The molecule has 0 fully saturated rings. The van der Waals surface area contributed by atoms with E-state index < -0.39 is 6.10 Å². The number of aromatic nitrogens is 2. The molecule has 7 heteroatoms. The zero-order valence-corrected chi connectivity index (χ0v) is 15.6. The van der Waals surface area contributed by atoms with Crippen molar-refractivity contribution in [3.8, 4) is 11.4 Å². The summed E-state index contributed by atoms with van der Waals surface area (Å²) >= 11 is 0. The molecule has 2 heterocycles. The molecule has 142 valence electrons. The van der Waals surface area contributed by atoms with E-state index in [4.69, 9.17) is 9.57 Å². The van der Waals surface area contributed by atoms with Gasteiger partial charge < -0.3 is 14.9 Å². The van der Waals surface area contributed by atoms with Crippen LogP contribution in [-0.2, 0) is 9.63 Å². The molecular formula is C21H20N4O3. The van der Waals surface area contributed by atoms with Gasteiger partial charge >= 0.3 is 0 Å². The first-order valence-electron chi connectivity index (χ1n) is 8.94. The van der Waals surface area contributed by atoms with E-state index in [9.17, 15) is 4.79 Å². The lowest BCUT2D eigenvalue weighted by molar-refractivity contribution is -0.125. The fourth-order valence-electron chi connectivity index (χ4n) is 3.03. The number of nitrogens with zero attached hydrogens (tertiary/aromatic N) is 3. The molecule has 28 heavy (non-hydrogen) atoms. The third-order valence-electron chi connectivity index (χ3n) is 4.47. The largest absolute Gasteiger partial charge is 0.497 e. The summed E-state index contributed by atoms with van der Waals surface area (Å²) in [6, 6.07) is 19.0. The Bertz CT molecular complexity index is 1010. The van der Waals surface area contributed by atoms with Gasteiger partial charge in [0.2, 0.25) is 6.10 Å². The highest BCUT2D eigenvalue weighted by molar-refractivity contribution is 6.06. The first-order chi connectivity index (χ1) is 13.6. The molecular weight excluding hydrogens is 356 g/mol. The second-order valence-electron chi connectivity index (χ2n) is 6.47. The lowest BCUT2D eigenvalue weighted by atomic mass is 10.0. The van der Waals surface area contributed by atoms with Crippen LogP contribution in [0.25, 0.3) is 5.69 Å². The lowest BCUT2D eigenvalue weighted by Crippen LogP contribution is -2.29. The van der Waals surface area contributed by atoms with Crippen LogP contribution >= 0.6 is 0 Å². The van der Waals surface area contributed by atoms with Crippen molar-refractivity contribution < 1.29 is 14.4 Å². The van der Waals surface area contributed by atoms with Crippen LogP contribution in [0.15, 0.2) is 65.8 Å². The summed E-state index contributed by atoms with van der Waals surface area (Å²) in [5.41, 5.74) is 3.31. The van der Waals surface area contributed by atoms with Crippen LogP contribution in [-0.4, -0.2) is 34.6 Å². The minimum absolute atomic E-state index is 0.260. The quantitative estimate of drug-likeness (QED) is 0.741. The van der Waals surface area contributed by atoms with Gasteiger partial charge in [-0.25, -0.2) is 4.68 Å². The summed E-state index contributed by atoms with van der Waals surface area (Å²) < 4.78 is 6.87. The van der Waals surface area contributed by atoms with Crippen LogP contribution in [0.2, 0.25) is 0 Å². The number of ether oxygens (including phenoxy) is 1. The standard InChI is InChI=1S/C21H20N4O3/c1-14-12-20(25(23-14)16-6-4-3-5-7-16)22-21(26)19-13-18(24-28-19)15-8-10-17(27-2)11-9-15/h3-12,19H,13H2,1-2H3,(H,22,26)/t19-/m1/s1. The zero-order chi connectivity index (χ0) is 19.5. The topological polar surface area (TPSA) is 77.7 Å². The number of anilines is 1. The van der Waals surface area contributed by atoms with Crippen molar-refractivity contribution >= 4 is 17.4 Å². The fraction of sp³-hybridized carbons (Fsp3) is 0.190. The van der Waals surface area contributed by atoms with Crippen LogP contribution in [0.3, 0.4) is 0 Å². The first-order valence-corrected chi connectivity index (χ1v) is 8.94. The van der Waals surface area contributed by atoms with Crippen molar-refractivity contribution in [2.75, 3.05) is 12.4 Å². The van der Waals surface area contributed by atoms with Crippen molar-refractivity contribution in [1.29, 1.82) is 0 Å². The molecule has 1 aliphatic rings. The average molecular weight is 376 g/mol. The highest BCUT2D eigenvalue weighted by Crippen LogP contribution is 2.22. The molecule has 4 rings (SSSR count). The van der Waals surface area contributed by atoms with Crippen LogP contribution in [0, 0.1) is 6.92 Å². The van der Waals surface area contributed by atoms with E-state index in [2.05, 4.69) is 15.6 Å². The summed E-state index contributed by atoms with van der Waals surface area (Å²) in [4.78, 5) is 18.1. The fourth-order valence-corrected chi connectivity index (χ4v) is 3.03. The molecule has 1 N–H and O–H groups in total. The number of aryl methyl sites for hydroxylation is 1. The molecule has 1 atom stereocenters. The summed E-state index contributed by atoms with van der Waals surface area (Å²) in [6.45, 7) is 1.88. The zero-order valence-electron chi connectivity index (χ0n) is 15.6. The minimum Gasteiger partial charge on any atom is -0.497 e. The van der Waals surface area contributed by atoms with Gasteiger partial charge in [-0.15, -0.1) is 0 Å². The normalized spacial score (nSPS) is 15.6. The van der Waals surface area contributed by atoms with Crippen molar-refractivity contribution in [2.45, 2.75) is 19.4 Å². The number of benzene rings is 2. The maximum absolute atomic E-state index is 12.7. The number of hydrogen-bond acceptors (Lipinski definition) is 5. The summed E-state index contributed by atoms with van der Waals surface area (Å²) in [5, 5.41) is 11.4. The average Bonchev–Trinajstić information content (AvgIpc) is 3.36. The maximum atomic E-state index is 12.7. The highest BCUT2D eigenvalue weighted by Gasteiger charge is 2.29. The number of amides is 1. The third kappa shape index (κ3) is 3.59. The Morgan fingerprint density at radius 2 is 1.93 bits per heavy atom. The van der Waals surface area contributed by atoms with E-state index in [0.29, 0.717) is 12.2 Å². The Morgan fingerprint density at radius 3 is 2.64 bits per heavy atom. The van der Waals surface area contributed by atoms with Gasteiger partial charge in [0.25, 0.3) is 5.91 Å². The molecule has 2 aromatic carbocycles. The molecule has 1 aromatic heterocycles. The Kier molecular flexibility index (Phi) is 4.80. The van der Waals surface area contributed by atoms with Gasteiger partial charge in [0.1, 0.15) is 11.6 Å². The van der Waals surface area contributed by atoms with Gasteiger partial charge in [-0.3, -0.25) is 4.79 Å². The molecule has 0 unspecified atom stereocenters. The molecule has 0 aliphatic carbocycles. The Balaban J connectivity index is 1.46. The van der Waals surface area contributed by atoms with Gasteiger partial charge in [0.15, 0.2) is 0 Å². The molecule has 0 radical (unpaired) electrons. The number of para-hydroxylation sites is 1. The van der Waals surface area contributed by atoms with Crippen LogP contribution in [0.4, 0.5) is 5.82 Å². The monoisotopic (exact) mass is 376 g/mol. The van der Waals surface area contributed by atoms with E-state index >= 15 is 0 Å². The van der Waals surface area contributed by atoms with Gasteiger partial charge in [0, 0.05) is 12.5 Å². The van der Waals surface area contributed by atoms with Gasteiger partial charge in [0.05, 0.1) is 24.2 Å². The van der Waals surface area contributed by atoms with E-state index in [1.165, 1.54) is 0 Å². The predicted molar refractivity (Wildman–Crippen MR) is 106 cm³/mol. The highest BCUT2D eigenvalue weighted by atomic mass is 16.6. The molecule has 0 bridgehead atoms. The van der Waals surface area contributed by atoms with E-state index in [1.54, 1.807) is 11.8 Å². The minimum atomic E-state index is -0.684. The van der Waals surface area contributed by atoms with E-state index in [1.807, 2.05) is 67.6 Å². The Morgan fingerprint density at radius 1 is 1.18 bits per heavy atom. The smallest absolute Gasteiger partial charge is 0.269 e. The maximum Gasteiger partial charge on any atom is 0.269 e. The van der Waals surface area contributed by atoms with Gasteiger partial charge in [-0.2, -0.15) is 5.10 Å². The SMILES string of the molecule is COc1ccc(C2=NO[C@@H](C(=O)Nc3cc(C)nn3-c3ccccc3)C2)cc1. The molecule has 1 aliphatic heterocycles. The van der Waals surface area contributed by atoms with E-state index in [0.717, 1.165) is 28.4 Å². The Labute approximate surface area is 162 Å². The molecule has 7 nitrogen and oxygen atoms in total. The summed E-state index contributed by atoms with van der Waals surface area (Å²) in [5.74, 6) is 1.10. The van der Waals surface area contributed by atoms with Crippen molar-refractivity contribution in [3.05, 3.63) is 71.9 Å². The number of carbonyl (C=O) groups is 1. The van der Waals surface area contributed by atoms with Crippen LogP contribution in [0.5, 0.6) is 5.75 Å². The summed E-state index contributed by atoms with van der Waals surface area (Å²) in [7, 11) is 1.62. The van der Waals surface area contributed by atoms with Crippen molar-refractivity contribution in [3.63, 3.8) is 0 Å². The van der Waals surface area contributed by atoms with Gasteiger partial charge in [-0.05, 0) is 48.9 Å². The third-order valence-corrected chi connectivity index (χ3v) is 4.47. The number of methoxy groups -OCH3 is 1. The number of nitrogens with one attached hydrogen (secondary N) is 1.